The summed E-state index contributed by atoms with van der Waals surface area (Å²) in [5, 5.41) is 0. The number of carbonyl (C=O) groups is 1. The molecule has 1 heterocycles. The first-order chi connectivity index (χ1) is 9.78. The van der Waals surface area contributed by atoms with Crippen molar-refractivity contribution in [2.24, 2.45) is 5.92 Å². The van der Waals surface area contributed by atoms with Gasteiger partial charge in [0.25, 0.3) is 0 Å². The fourth-order valence-electron chi connectivity index (χ4n) is 2.61. The molecule has 100 valence electrons. The fraction of sp³-hybridized carbons (Fsp3) is 0.167. The van der Waals surface area contributed by atoms with E-state index in [1.54, 1.807) is 0 Å². The number of nitrogens with zero attached hydrogens (tertiary/aromatic N) is 1. The molecular formula is C18H17NO. The first-order valence-corrected chi connectivity index (χ1v) is 6.86. The van der Waals surface area contributed by atoms with Crippen molar-refractivity contribution in [3.05, 3.63) is 67.3 Å². The van der Waals surface area contributed by atoms with Gasteiger partial charge in [-0.1, -0.05) is 48.5 Å². The van der Waals surface area contributed by atoms with Crippen molar-refractivity contribution < 1.29 is 4.79 Å². The number of rotatable bonds is 3. The van der Waals surface area contributed by atoms with Crippen LogP contribution in [0.5, 0.6) is 0 Å². The average Bonchev–Trinajstić information content (AvgIpc) is 2.89. The quantitative estimate of drug-likeness (QED) is 0.769. The van der Waals surface area contributed by atoms with Gasteiger partial charge in [0.2, 0.25) is 5.91 Å². The summed E-state index contributed by atoms with van der Waals surface area (Å²) in [4.78, 5) is 13.8. The van der Waals surface area contributed by atoms with Crippen molar-refractivity contribution >= 4 is 11.6 Å². The standard InChI is InChI=1S/C18H17NO/c1-2-14-12-18(20)19(13-14)17-10-8-16(9-11-17)15-6-4-3-5-7-15/h2-11,14H,1,12-13H2. The summed E-state index contributed by atoms with van der Waals surface area (Å²) in [6.45, 7) is 4.52. The van der Waals surface area contributed by atoms with Crippen molar-refractivity contribution in [1.82, 2.24) is 0 Å². The molecule has 1 amide bonds. The van der Waals surface area contributed by atoms with E-state index in [0.717, 1.165) is 12.2 Å². The predicted octanol–water partition coefficient (Wildman–Crippen LogP) is 3.89. The lowest BCUT2D eigenvalue weighted by Gasteiger charge is -2.16. The van der Waals surface area contributed by atoms with Gasteiger partial charge < -0.3 is 4.90 Å². The van der Waals surface area contributed by atoms with Crippen LogP contribution in [0.4, 0.5) is 5.69 Å². The molecule has 2 nitrogen and oxygen atoms in total. The Morgan fingerprint density at radius 1 is 1.00 bits per heavy atom. The molecule has 0 N–H and O–H groups in total. The van der Waals surface area contributed by atoms with Gasteiger partial charge in [-0.3, -0.25) is 4.79 Å². The molecule has 0 bridgehead atoms. The Balaban J connectivity index is 1.83. The molecule has 0 spiro atoms. The van der Waals surface area contributed by atoms with Crippen molar-refractivity contribution in [3.63, 3.8) is 0 Å². The largest absolute Gasteiger partial charge is 0.312 e. The summed E-state index contributed by atoms with van der Waals surface area (Å²) in [5.41, 5.74) is 3.33. The molecule has 1 atom stereocenters. The molecule has 20 heavy (non-hydrogen) atoms. The molecule has 0 saturated carbocycles. The van der Waals surface area contributed by atoms with E-state index in [0.29, 0.717) is 6.42 Å². The van der Waals surface area contributed by atoms with Gasteiger partial charge in [-0.15, -0.1) is 6.58 Å². The SMILES string of the molecule is C=CC1CC(=O)N(c2ccc(-c3ccccc3)cc2)C1. The maximum absolute atomic E-state index is 12.0. The number of hydrogen-bond donors (Lipinski definition) is 0. The van der Waals surface area contributed by atoms with Crippen LogP contribution in [0.3, 0.4) is 0 Å². The third-order valence-electron chi connectivity index (χ3n) is 3.77. The lowest BCUT2D eigenvalue weighted by atomic mass is 10.1. The lowest BCUT2D eigenvalue weighted by molar-refractivity contribution is -0.117. The van der Waals surface area contributed by atoms with Crippen LogP contribution in [0.2, 0.25) is 0 Å². The van der Waals surface area contributed by atoms with Crippen LogP contribution in [0, 0.1) is 5.92 Å². The van der Waals surface area contributed by atoms with Crippen molar-refractivity contribution in [2.45, 2.75) is 6.42 Å². The smallest absolute Gasteiger partial charge is 0.227 e. The first-order valence-electron chi connectivity index (χ1n) is 6.86. The first kappa shape index (κ1) is 12.7. The molecule has 1 aliphatic rings. The van der Waals surface area contributed by atoms with E-state index in [-0.39, 0.29) is 11.8 Å². The molecule has 1 saturated heterocycles. The van der Waals surface area contributed by atoms with Crippen LogP contribution in [0.1, 0.15) is 6.42 Å². The fourth-order valence-corrected chi connectivity index (χ4v) is 2.61. The molecule has 2 aromatic rings. The highest BCUT2D eigenvalue weighted by molar-refractivity contribution is 5.96. The highest BCUT2D eigenvalue weighted by atomic mass is 16.2. The number of carbonyl (C=O) groups excluding carboxylic acids is 1. The van der Waals surface area contributed by atoms with Gasteiger partial charge in [0.1, 0.15) is 0 Å². The average molecular weight is 263 g/mol. The zero-order valence-corrected chi connectivity index (χ0v) is 11.3. The monoisotopic (exact) mass is 263 g/mol. The molecule has 3 rings (SSSR count). The van der Waals surface area contributed by atoms with Crippen LogP contribution >= 0.6 is 0 Å². The molecule has 0 radical (unpaired) electrons. The van der Waals surface area contributed by atoms with Gasteiger partial charge in [0.15, 0.2) is 0 Å². The van der Waals surface area contributed by atoms with E-state index in [1.807, 2.05) is 41.3 Å². The Morgan fingerprint density at radius 3 is 2.25 bits per heavy atom. The second-order valence-electron chi connectivity index (χ2n) is 5.12. The Bertz CT molecular complexity index is 616. The van der Waals surface area contributed by atoms with Crippen molar-refractivity contribution in [1.29, 1.82) is 0 Å². The van der Waals surface area contributed by atoms with Gasteiger partial charge in [0, 0.05) is 24.6 Å². The van der Waals surface area contributed by atoms with Gasteiger partial charge >= 0.3 is 0 Å². The highest BCUT2D eigenvalue weighted by Crippen LogP contribution is 2.28. The van der Waals surface area contributed by atoms with Gasteiger partial charge in [0.05, 0.1) is 0 Å². The van der Waals surface area contributed by atoms with Crippen molar-refractivity contribution in [3.8, 4) is 11.1 Å². The van der Waals surface area contributed by atoms with Crippen LogP contribution in [0.25, 0.3) is 11.1 Å². The third kappa shape index (κ3) is 2.37. The van der Waals surface area contributed by atoms with Gasteiger partial charge in [-0.2, -0.15) is 0 Å². The summed E-state index contributed by atoms with van der Waals surface area (Å²) in [6.07, 6.45) is 2.44. The maximum Gasteiger partial charge on any atom is 0.227 e. The van der Waals surface area contributed by atoms with Crippen LogP contribution in [0.15, 0.2) is 67.3 Å². The zero-order chi connectivity index (χ0) is 13.9. The Labute approximate surface area is 119 Å². The second kappa shape index (κ2) is 5.33. The topological polar surface area (TPSA) is 20.3 Å². The number of hydrogen-bond acceptors (Lipinski definition) is 1. The second-order valence-corrected chi connectivity index (χ2v) is 5.12. The molecule has 1 fully saturated rings. The summed E-state index contributed by atoms with van der Waals surface area (Å²) in [7, 11) is 0. The number of amides is 1. The van der Waals surface area contributed by atoms with E-state index in [2.05, 4.69) is 30.8 Å². The van der Waals surface area contributed by atoms with Crippen LogP contribution < -0.4 is 4.90 Å². The minimum Gasteiger partial charge on any atom is -0.312 e. The lowest BCUT2D eigenvalue weighted by Crippen LogP contribution is -2.24. The summed E-state index contributed by atoms with van der Waals surface area (Å²) in [5.74, 6) is 0.457. The normalized spacial score (nSPS) is 18.3. The Hall–Kier alpha value is -2.35. The molecule has 0 aromatic heterocycles. The van der Waals surface area contributed by atoms with Gasteiger partial charge in [-0.05, 0) is 23.3 Å². The Kier molecular flexibility index (Phi) is 3.38. The van der Waals surface area contributed by atoms with Crippen LogP contribution in [-0.4, -0.2) is 12.5 Å². The number of anilines is 1. The van der Waals surface area contributed by atoms with E-state index >= 15 is 0 Å². The van der Waals surface area contributed by atoms with E-state index < -0.39 is 0 Å². The van der Waals surface area contributed by atoms with E-state index in [1.165, 1.54) is 11.1 Å². The third-order valence-corrected chi connectivity index (χ3v) is 3.77. The zero-order valence-electron chi connectivity index (χ0n) is 11.3. The summed E-state index contributed by atoms with van der Waals surface area (Å²) >= 11 is 0. The number of benzene rings is 2. The minimum atomic E-state index is 0.183. The molecule has 1 unspecified atom stereocenters. The Morgan fingerprint density at radius 2 is 1.65 bits per heavy atom. The maximum atomic E-state index is 12.0. The predicted molar refractivity (Wildman–Crippen MR) is 82.5 cm³/mol. The molecule has 0 aliphatic carbocycles. The van der Waals surface area contributed by atoms with Crippen LogP contribution in [-0.2, 0) is 4.79 Å². The molecule has 1 aliphatic heterocycles. The molecule has 2 heteroatoms. The highest BCUT2D eigenvalue weighted by Gasteiger charge is 2.28. The van der Waals surface area contributed by atoms with Gasteiger partial charge in [-0.25, -0.2) is 0 Å². The minimum absolute atomic E-state index is 0.183. The molecular weight excluding hydrogens is 246 g/mol. The van der Waals surface area contributed by atoms with E-state index in [9.17, 15) is 4.79 Å². The molecule has 2 aromatic carbocycles. The summed E-state index contributed by atoms with van der Waals surface area (Å²) < 4.78 is 0. The summed E-state index contributed by atoms with van der Waals surface area (Å²) in [6, 6.07) is 18.4. The van der Waals surface area contributed by atoms with E-state index in [4.69, 9.17) is 0 Å². The van der Waals surface area contributed by atoms with Crippen molar-refractivity contribution in [2.75, 3.05) is 11.4 Å².